The number of ether oxygens (including phenoxy) is 4. The molecule has 1 aliphatic carbocycles. The molecule has 47 heavy (non-hydrogen) atoms. The largest absolute Gasteiger partial charge is 0.508 e. The maximum atomic E-state index is 14.7. The summed E-state index contributed by atoms with van der Waals surface area (Å²) in [6.45, 7) is 7.88. The van der Waals surface area contributed by atoms with Crippen molar-refractivity contribution in [1.29, 1.82) is 0 Å². The third-order valence-corrected chi connectivity index (χ3v) is 8.66. The van der Waals surface area contributed by atoms with Crippen LogP contribution in [0, 0.1) is 5.92 Å². The minimum Gasteiger partial charge on any atom is -0.508 e. The van der Waals surface area contributed by atoms with E-state index in [-0.39, 0.29) is 30.2 Å². The molecule has 9 heteroatoms. The minimum absolute atomic E-state index is 0.0335. The van der Waals surface area contributed by atoms with Crippen molar-refractivity contribution in [3.05, 3.63) is 77.9 Å². The summed E-state index contributed by atoms with van der Waals surface area (Å²) in [5.41, 5.74) is 3.34. The molecule has 2 amide bonds. The van der Waals surface area contributed by atoms with E-state index < -0.39 is 17.6 Å². The molecule has 1 saturated carbocycles. The number of phenolic OH excluding ortho intramolecular Hbond substituents is 1. The molecule has 3 aromatic rings. The second-order valence-electron chi connectivity index (χ2n) is 13.5. The highest BCUT2D eigenvalue weighted by Gasteiger charge is 2.43. The molecule has 2 aliphatic rings. The summed E-state index contributed by atoms with van der Waals surface area (Å²) in [4.78, 5) is 31.7. The van der Waals surface area contributed by atoms with E-state index in [1.165, 1.54) is 0 Å². The predicted molar refractivity (Wildman–Crippen MR) is 181 cm³/mol. The van der Waals surface area contributed by atoms with E-state index in [4.69, 9.17) is 18.9 Å². The maximum absolute atomic E-state index is 14.7. The molecule has 9 nitrogen and oxygen atoms in total. The molecule has 0 aromatic heterocycles. The van der Waals surface area contributed by atoms with Crippen LogP contribution >= 0.6 is 0 Å². The summed E-state index contributed by atoms with van der Waals surface area (Å²) in [7, 11) is 3.30. The molecule has 2 fully saturated rings. The van der Waals surface area contributed by atoms with Gasteiger partial charge in [-0.25, -0.2) is 4.79 Å². The second kappa shape index (κ2) is 15.1. The summed E-state index contributed by atoms with van der Waals surface area (Å²) < 4.78 is 22.5. The van der Waals surface area contributed by atoms with Gasteiger partial charge in [0.2, 0.25) is 5.91 Å². The lowest BCUT2D eigenvalue weighted by atomic mass is 9.79. The topological polar surface area (TPSA) is 97.8 Å². The number of aromatic hydroxyl groups is 1. The van der Waals surface area contributed by atoms with E-state index in [2.05, 4.69) is 12.1 Å². The lowest BCUT2D eigenvalue weighted by molar-refractivity contribution is -0.139. The fourth-order valence-corrected chi connectivity index (χ4v) is 6.20. The van der Waals surface area contributed by atoms with Crippen LogP contribution < -0.4 is 9.47 Å². The Balaban J connectivity index is 1.44. The molecule has 5 rings (SSSR count). The highest BCUT2D eigenvalue weighted by atomic mass is 16.6. The number of phenols is 1. The Morgan fingerprint density at radius 3 is 2.34 bits per heavy atom. The van der Waals surface area contributed by atoms with Crippen molar-refractivity contribution in [1.82, 2.24) is 9.80 Å². The smallest absolute Gasteiger partial charge is 0.410 e. The minimum atomic E-state index is -0.637. The Morgan fingerprint density at radius 2 is 1.66 bits per heavy atom. The summed E-state index contributed by atoms with van der Waals surface area (Å²) in [5.74, 6) is 1.06. The van der Waals surface area contributed by atoms with Crippen LogP contribution in [0.25, 0.3) is 11.1 Å². The maximum Gasteiger partial charge on any atom is 0.410 e. The van der Waals surface area contributed by atoms with Crippen molar-refractivity contribution in [2.45, 2.75) is 70.6 Å². The van der Waals surface area contributed by atoms with E-state index in [1.807, 2.05) is 68.1 Å². The molecule has 252 valence electrons. The fraction of sp³-hybridized carbons (Fsp3) is 0.474. The summed E-state index contributed by atoms with van der Waals surface area (Å²) in [5, 5.41) is 9.80. The zero-order valence-corrected chi connectivity index (χ0v) is 28.2. The number of likely N-dealkylation sites (tertiary alicyclic amines) is 1. The van der Waals surface area contributed by atoms with Crippen molar-refractivity contribution < 1.29 is 33.6 Å². The van der Waals surface area contributed by atoms with E-state index >= 15 is 0 Å². The zero-order valence-electron chi connectivity index (χ0n) is 28.2. The number of rotatable bonds is 12. The van der Waals surface area contributed by atoms with Gasteiger partial charge in [0.15, 0.2) is 0 Å². The normalized spacial score (nSPS) is 18.0. The number of carbonyl (C=O) groups is 2. The van der Waals surface area contributed by atoms with Gasteiger partial charge < -0.3 is 33.9 Å². The number of nitrogens with zero attached hydrogens (tertiary/aromatic N) is 2. The van der Waals surface area contributed by atoms with Gasteiger partial charge in [-0.05, 0) is 92.5 Å². The Labute approximate surface area is 278 Å². The van der Waals surface area contributed by atoms with Gasteiger partial charge in [0.25, 0.3) is 0 Å². The molecule has 0 unspecified atom stereocenters. The molecular formula is C38H48N2O7. The van der Waals surface area contributed by atoms with Crippen LogP contribution in [0.1, 0.15) is 63.5 Å². The lowest BCUT2D eigenvalue weighted by Gasteiger charge is -2.40. The lowest BCUT2D eigenvalue weighted by Crippen LogP contribution is -2.51. The van der Waals surface area contributed by atoms with Crippen LogP contribution in [0.2, 0.25) is 0 Å². The van der Waals surface area contributed by atoms with Crippen LogP contribution in [0.5, 0.6) is 17.2 Å². The van der Waals surface area contributed by atoms with Gasteiger partial charge in [-0.3, -0.25) is 4.79 Å². The number of methoxy groups -OCH3 is 2. The first kappa shape index (κ1) is 34.1. The molecule has 0 radical (unpaired) electrons. The van der Waals surface area contributed by atoms with Crippen LogP contribution in [0.4, 0.5) is 4.79 Å². The van der Waals surface area contributed by atoms with Crippen LogP contribution in [0.15, 0.2) is 66.7 Å². The Bertz CT molecular complexity index is 1510. The van der Waals surface area contributed by atoms with Gasteiger partial charge in [0.1, 0.15) is 22.8 Å². The van der Waals surface area contributed by atoms with Gasteiger partial charge in [-0.2, -0.15) is 0 Å². The third kappa shape index (κ3) is 9.19. The molecule has 1 saturated heterocycles. The molecular weight excluding hydrogens is 596 g/mol. The number of amides is 2. The number of hydrogen-bond donors (Lipinski definition) is 1. The average Bonchev–Trinajstić information content (AvgIpc) is 3.90. The highest BCUT2D eigenvalue weighted by molar-refractivity contribution is 5.82. The van der Waals surface area contributed by atoms with Crippen molar-refractivity contribution in [3.63, 3.8) is 0 Å². The van der Waals surface area contributed by atoms with E-state index in [0.29, 0.717) is 44.2 Å². The molecule has 2 atom stereocenters. The van der Waals surface area contributed by atoms with Gasteiger partial charge in [0, 0.05) is 51.9 Å². The average molecular weight is 645 g/mol. The molecule has 1 heterocycles. The Hall–Kier alpha value is -4.24. The van der Waals surface area contributed by atoms with E-state index in [9.17, 15) is 14.7 Å². The summed E-state index contributed by atoms with van der Waals surface area (Å²) in [6, 6.07) is 21.3. The fourth-order valence-electron chi connectivity index (χ4n) is 6.20. The Morgan fingerprint density at radius 1 is 0.915 bits per heavy atom. The number of carbonyl (C=O) groups excluding carboxylic acids is 2. The van der Waals surface area contributed by atoms with Crippen LogP contribution in [0.3, 0.4) is 0 Å². The quantitative estimate of drug-likeness (QED) is 0.212. The highest BCUT2D eigenvalue weighted by Crippen LogP contribution is 2.40. The molecule has 1 aliphatic heterocycles. The summed E-state index contributed by atoms with van der Waals surface area (Å²) >= 11 is 0. The predicted octanol–water partition coefficient (Wildman–Crippen LogP) is 7.01. The van der Waals surface area contributed by atoms with Crippen LogP contribution in [-0.4, -0.2) is 79.1 Å². The van der Waals surface area contributed by atoms with E-state index in [1.54, 1.807) is 31.3 Å². The molecule has 1 N–H and O–H groups in total. The first-order valence-electron chi connectivity index (χ1n) is 16.5. The monoisotopic (exact) mass is 644 g/mol. The molecule has 3 aromatic carbocycles. The van der Waals surface area contributed by atoms with Gasteiger partial charge in [-0.1, -0.05) is 36.4 Å². The first-order chi connectivity index (χ1) is 22.5. The second-order valence-corrected chi connectivity index (χ2v) is 13.5. The Kier molecular flexibility index (Phi) is 11.0. The first-order valence-corrected chi connectivity index (χ1v) is 16.5. The van der Waals surface area contributed by atoms with E-state index in [0.717, 1.165) is 41.5 Å². The van der Waals surface area contributed by atoms with Crippen LogP contribution in [-0.2, 0) is 20.8 Å². The summed E-state index contributed by atoms with van der Waals surface area (Å²) in [6.07, 6.45) is 2.89. The number of hydrogen-bond acceptors (Lipinski definition) is 7. The van der Waals surface area contributed by atoms with Crippen molar-refractivity contribution >= 4 is 12.0 Å². The van der Waals surface area contributed by atoms with Crippen molar-refractivity contribution in [3.8, 4) is 28.4 Å². The van der Waals surface area contributed by atoms with Gasteiger partial charge in [-0.15, -0.1) is 0 Å². The van der Waals surface area contributed by atoms with Crippen molar-refractivity contribution in [2.24, 2.45) is 5.92 Å². The van der Waals surface area contributed by atoms with Gasteiger partial charge in [0.05, 0.1) is 19.6 Å². The molecule has 0 spiro atoms. The number of benzene rings is 3. The van der Waals surface area contributed by atoms with Gasteiger partial charge >= 0.3 is 6.09 Å². The molecule has 0 bridgehead atoms. The number of piperidine rings is 1. The van der Waals surface area contributed by atoms with Crippen molar-refractivity contribution in [2.75, 3.05) is 40.5 Å². The standard InChI is InChI=1S/C38H48N2O7/c1-38(2,3)47-37(43)39-17-16-34(29-9-6-8-28(22-29)27-10-14-31(41)15-11-27)35(25-39)36(42)40(30-12-13-30)24-26-20-32(45-5)23-33(21-26)46-19-7-18-44-4/h6,8-11,14-15,20-23,30,34-35,41H,7,12-13,16-19,24-25H2,1-5H3/t34-,35+/m1/s1. The third-order valence-electron chi connectivity index (χ3n) is 8.66. The zero-order chi connectivity index (χ0) is 33.6. The SMILES string of the molecule is COCCCOc1cc(CN(C(=O)[C@H]2CN(C(=O)OC(C)(C)C)CC[C@@H]2c2cccc(-c3ccc(O)cc3)c2)C2CC2)cc(OC)c1.